The predicted octanol–water partition coefficient (Wildman–Crippen LogP) is 10.2. The molecule has 3 heterocycles. The number of hydrogen-bond acceptors (Lipinski definition) is 3. The van der Waals surface area contributed by atoms with E-state index < -0.39 is 0 Å². The van der Waals surface area contributed by atoms with E-state index >= 15 is 0 Å². The zero-order valence-electron chi connectivity index (χ0n) is 23.8. The number of allylic oxidation sites excluding steroid dienone is 8. The fourth-order valence-electron chi connectivity index (χ4n) is 7.36. The van der Waals surface area contributed by atoms with Crippen LogP contribution >= 0.6 is 11.8 Å². The van der Waals surface area contributed by atoms with Gasteiger partial charge in [0.1, 0.15) is 0 Å². The Kier molecular flexibility index (Phi) is 5.11. The summed E-state index contributed by atoms with van der Waals surface area (Å²) >= 11 is 1.98. The van der Waals surface area contributed by atoms with E-state index in [9.17, 15) is 0 Å². The molecule has 0 N–H and O–H groups in total. The van der Waals surface area contributed by atoms with Crippen molar-refractivity contribution in [3.8, 4) is 0 Å². The first kappa shape index (κ1) is 24.4. The third-order valence-electron chi connectivity index (χ3n) is 9.51. The van der Waals surface area contributed by atoms with Crippen molar-refractivity contribution < 1.29 is 0 Å². The highest BCUT2D eigenvalue weighted by Crippen LogP contribution is 2.50. The predicted molar refractivity (Wildman–Crippen MR) is 184 cm³/mol. The molecule has 6 aromatic rings. The van der Waals surface area contributed by atoms with E-state index in [1.54, 1.807) is 0 Å². The summed E-state index contributed by atoms with van der Waals surface area (Å²) in [6, 6.07) is 33.4. The van der Waals surface area contributed by atoms with Gasteiger partial charge in [-0.25, -0.2) is 0 Å². The second-order valence-electron chi connectivity index (χ2n) is 12.0. The van der Waals surface area contributed by atoms with Gasteiger partial charge in [-0.3, -0.25) is 4.98 Å². The van der Waals surface area contributed by atoms with Crippen LogP contribution in [-0.4, -0.2) is 14.8 Å². The van der Waals surface area contributed by atoms with Gasteiger partial charge in [0.05, 0.1) is 17.2 Å². The summed E-state index contributed by atoms with van der Waals surface area (Å²) in [6.07, 6.45) is 20.1. The van der Waals surface area contributed by atoms with Gasteiger partial charge in [-0.2, -0.15) is 0 Å². The molecule has 4 aliphatic rings. The zero-order chi connectivity index (χ0) is 28.8. The molecule has 3 nitrogen and oxygen atoms in total. The highest BCUT2D eigenvalue weighted by atomic mass is 32.2. The van der Waals surface area contributed by atoms with Crippen LogP contribution in [0.2, 0.25) is 0 Å². The van der Waals surface area contributed by atoms with E-state index in [1.807, 2.05) is 24.2 Å². The van der Waals surface area contributed by atoms with Gasteiger partial charge in [0.2, 0.25) is 0 Å². The minimum absolute atomic E-state index is 0.374. The molecule has 3 aliphatic carbocycles. The maximum absolute atomic E-state index is 4.54. The summed E-state index contributed by atoms with van der Waals surface area (Å²) < 4.78 is 2.41. The van der Waals surface area contributed by atoms with Gasteiger partial charge in [0.15, 0.2) is 0 Å². The lowest BCUT2D eigenvalue weighted by Crippen LogP contribution is -2.20. The third kappa shape index (κ3) is 3.61. The first-order chi connectivity index (χ1) is 21.8. The topological polar surface area (TPSA) is 21.1 Å². The Bertz CT molecular complexity index is 2350. The van der Waals surface area contributed by atoms with Gasteiger partial charge in [-0.15, -0.1) is 11.8 Å². The minimum atomic E-state index is 0.374. The smallest absolute Gasteiger partial charge is 0.0721 e. The van der Waals surface area contributed by atoms with Crippen molar-refractivity contribution >= 4 is 61.4 Å². The average Bonchev–Trinajstić information content (AvgIpc) is 3.69. The SMILES string of the molecule is C1=CC2=C[C@@H]2C(n2c3ccc(N(C4=CC5Sc6ccccc6C5C=C4)c4ccc5ccccc5c4)cc3c3ccncc32)=C1. The number of rotatable bonds is 4. The third-order valence-corrected chi connectivity index (χ3v) is 10.8. The van der Waals surface area contributed by atoms with Crippen LogP contribution in [0.25, 0.3) is 38.3 Å². The summed E-state index contributed by atoms with van der Waals surface area (Å²) in [6.45, 7) is 0. The van der Waals surface area contributed by atoms with Gasteiger partial charge in [-0.05, 0) is 82.6 Å². The van der Waals surface area contributed by atoms with Crippen molar-refractivity contribution in [3.63, 3.8) is 0 Å². The maximum Gasteiger partial charge on any atom is 0.0721 e. The molecule has 208 valence electrons. The van der Waals surface area contributed by atoms with Crippen LogP contribution in [0.5, 0.6) is 0 Å². The summed E-state index contributed by atoms with van der Waals surface area (Å²) in [4.78, 5) is 8.38. The number of benzene rings is 4. The summed E-state index contributed by atoms with van der Waals surface area (Å²) in [5, 5.41) is 5.33. The van der Waals surface area contributed by atoms with Crippen molar-refractivity contribution in [3.05, 3.63) is 163 Å². The van der Waals surface area contributed by atoms with Gasteiger partial charge in [-0.1, -0.05) is 72.8 Å². The van der Waals surface area contributed by atoms with Crippen molar-refractivity contribution in [1.82, 2.24) is 9.55 Å². The monoisotopic (exact) mass is 581 g/mol. The fraction of sp³-hybridized carbons (Fsp3) is 0.0750. The number of fused-ring (bicyclic) bond motifs is 8. The lowest BCUT2D eigenvalue weighted by Gasteiger charge is -2.30. The second kappa shape index (κ2) is 9.22. The lowest BCUT2D eigenvalue weighted by molar-refractivity contribution is 0.866. The van der Waals surface area contributed by atoms with Gasteiger partial charge >= 0.3 is 0 Å². The van der Waals surface area contributed by atoms with Gasteiger partial charge in [0, 0.05) is 61.7 Å². The van der Waals surface area contributed by atoms with E-state index in [2.05, 4.69) is 148 Å². The van der Waals surface area contributed by atoms with E-state index in [-0.39, 0.29) is 0 Å². The lowest BCUT2D eigenvalue weighted by atomic mass is 9.91. The Balaban J connectivity index is 1.16. The fourth-order valence-corrected chi connectivity index (χ4v) is 8.74. The Morgan fingerprint density at radius 3 is 2.59 bits per heavy atom. The molecule has 4 heteroatoms. The summed E-state index contributed by atoms with van der Waals surface area (Å²) in [7, 11) is 0. The van der Waals surface area contributed by atoms with Crippen molar-refractivity contribution in [2.24, 2.45) is 5.92 Å². The molecule has 44 heavy (non-hydrogen) atoms. The number of pyridine rings is 1. The number of aromatic nitrogens is 2. The van der Waals surface area contributed by atoms with E-state index in [0.717, 1.165) is 16.9 Å². The molecule has 0 fully saturated rings. The summed E-state index contributed by atoms with van der Waals surface area (Å²) in [5.74, 6) is 0.802. The van der Waals surface area contributed by atoms with Crippen LogP contribution < -0.4 is 4.90 Å². The maximum atomic E-state index is 4.54. The van der Waals surface area contributed by atoms with E-state index in [1.165, 1.54) is 54.5 Å². The number of anilines is 2. The molecular formula is C40H27N3S. The molecule has 0 saturated carbocycles. The van der Waals surface area contributed by atoms with Crippen LogP contribution in [-0.2, 0) is 0 Å². The highest BCUT2D eigenvalue weighted by Gasteiger charge is 2.34. The first-order valence-corrected chi connectivity index (χ1v) is 16.1. The molecule has 4 aromatic carbocycles. The molecule has 0 radical (unpaired) electrons. The van der Waals surface area contributed by atoms with E-state index in [0.29, 0.717) is 17.1 Å². The molecule has 0 saturated heterocycles. The molecule has 3 atom stereocenters. The van der Waals surface area contributed by atoms with Gasteiger partial charge in [0.25, 0.3) is 0 Å². The Morgan fingerprint density at radius 2 is 1.61 bits per heavy atom. The number of thioether (sulfide) groups is 1. The molecule has 2 unspecified atom stereocenters. The van der Waals surface area contributed by atoms with Crippen LogP contribution in [0.4, 0.5) is 11.4 Å². The van der Waals surface area contributed by atoms with Crippen molar-refractivity contribution in [2.45, 2.75) is 16.1 Å². The van der Waals surface area contributed by atoms with Crippen LogP contribution in [0.3, 0.4) is 0 Å². The number of hydrogen-bond donors (Lipinski definition) is 0. The Morgan fingerprint density at radius 1 is 0.750 bits per heavy atom. The van der Waals surface area contributed by atoms with Crippen molar-refractivity contribution in [1.29, 1.82) is 0 Å². The van der Waals surface area contributed by atoms with E-state index in [4.69, 9.17) is 0 Å². The standard InChI is InChI=1S/C40H27N3S/c1-2-7-26-20-28(13-12-25(26)6-1)42(30-14-16-33-32-9-3-4-11-39(32)44-40(33)23-30)29-15-17-37-35(22-29)31-18-19-41-24-38(31)43(37)36-10-5-8-27-21-34(27)36/h1-24,33-34,40H/t33?,34-,40?/m0/s1. The van der Waals surface area contributed by atoms with Crippen LogP contribution in [0.15, 0.2) is 162 Å². The Labute approximate surface area is 259 Å². The normalized spacial score (nSPS) is 21.1. The molecule has 1 aliphatic heterocycles. The Hall–Kier alpha value is -5.06. The van der Waals surface area contributed by atoms with Crippen LogP contribution in [0.1, 0.15) is 11.5 Å². The average molecular weight is 582 g/mol. The summed E-state index contributed by atoms with van der Waals surface area (Å²) in [5.41, 5.74) is 10.0. The second-order valence-corrected chi connectivity index (χ2v) is 13.2. The largest absolute Gasteiger partial charge is 0.311 e. The molecule has 2 aromatic heterocycles. The molecule has 10 rings (SSSR count). The molecule has 0 amide bonds. The van der Waals surface area contributed by atoms with Crippen LogP contribution in [0, 0.1) is 5.92 Å². The molecule has 0 spiro atoms. The minimum Gasteiger partial charge on any atom is -0.311 e. The highest BCUT2D eigenvalue weighted by molar-refractivity contribution is 8.00. The molecular weight excluding hydrogens is 555 g/mol. The zero-order valence-corrected chi connectivity index (χ0v) is 24.7. The first-order valence-electron chi connectivity index (χ1n) is 15.2. The quantitative estimate of drug-likeness (QED) is 0.207. The van der Waals surface area contributed by atoms with Gasteiger partial charge < -0.3 is 9.47 Å². The van der Waals surface area contributed by atoms with Crippen molar-refractivity contribution in [2.75, 3.05) is 4.90 Å². The number of nitrogens with zero attached hydrogens (tertiary/aromatic N) is 3. The molecule has 0 bridgehead atoms.